The van der Waals surface area contributed by atoms with Gasteiger partial charge in [-0.2, -0.15) is 0 Å². The molecule has 4 N–H and O–H groups in total. The van der Waals surface area contributed by atoms with Crippen LogP contribution in [0.4, 0.5) is 0 Å². The number of phenolic OH excluding ortho intramolecular Hbond substituents is 2. The first-order valence-electron chi connectivity index (χ1n) is 7.73. The number of hydrogen-bond donors (Lipinski definition) is 3. The second-order valence-corrected chi connectivity index (χ2v) is 5.88. The number of aromatic hydroxyl groups is 2. The van der Waals surface area contributed by atoms with Crippen molar-refractivity contribution in [2.75, 3.05) is 39.3 Å². The first-order chi connectivity index (χ1) is 10.5. The van der Waals surface area contributed by atoms with Crippen LogP contribution in [0.5, 0.6) is 11.5 Å². The van der Waals surface area contributed by atoms with Crippen molar-refractivity contribution in [3.63, 3.8) is 0 Å². The number of piperazine rings is 1. The molecule has 6 heteroatoms. The Morgan fingerprint density at radius 1 is 1.23 bits per heavy atom. The molecule has 1 aromatic carbocycles. The fraction of sp³-hybridized carbons (Fsp3) is 0.562. The normalized spacial score (nSPS) is 17.5. The largest absolute Gasteiger partial charge is 0.504 e. The molecule has 0 bridgehead atoms. The van der Waals surface area contributed by atoms with Gasteiger partial charge in [-0.05, 0) is 24.1 Å². The Kier molecular flexibility index (Phi) is 5.63. The maximum Gasteiger partial charge on any atom is 0.225 e. The number of carbonyl (C=O) groups is 1. The first-order valence-corrected chi connectivity index (χ1v) is 7.73. The zero-order valence-electron chi connectivity index (χ0n) is 13.0. The molecule has 122 valence electrons. The van der Waals surface area contributed by atoms with E-state index >= 15 is 0 Å². The lowest BCUT2D eigenvalue weighted by atomic mass is 9.99. The van der Waals surface area contributed by atoms with Gasteiger partial charge in [-0.1, -0.05) is 13.0 Å². The second kappa shape index (κ2) is 7.47. The molecule has 1 atom stereocenters. The van der Waals surface area contributed by atoms with Gasteiger partial charge in [-0.3, -0.25) is 9.69 Å². The van der Waals surface area contributed by atoms with E-state index < -0.39 is 0 Å². The summed E-state index contributed by atoms with van der Waals surface area (Å²) >= 11 is 0. The molecule has 0 saturated carbocycles. The van der Waals surface area contributed by atoms with E-state index in [1.54, 1.807) is 6.07 Å². The summed E-state index contributed by atoms with van der Waals surface area (Å²) in [5, 5.41) is 18.8. The van der Waals surface area contributed by atoms with Crippen molar-refractivity contribution in [1.82, 2.24) is 9.80 Å². The van der Waals surface area contributed by atoms with Crippen LogP contribution in [0, 0.1) is 5.92 Å². The van der Waals surface area contributed by atoms with Crippen molar-refractivity contribution >= 4 is 5.91 Å². The summed E-state index contributed by atoms with van der Waals surface area (Å²) in [6.07, 6.45) is 0.551. The summed E-state index contributed by atoms with van der Waals surface area (Å²) in [5.41, 5.74) is 6.40. The molecule has 22 heavy (non-hydrogen) atoms. The van der Waals surface area contributed by atoms with Crippen LogP contribution >= 0.6 is 0 Å². The second-order valence-electron chi connectivity index (χ2n) is 5.88. The first kappa shape index (κ1) is 16.6. The van der Waals surface area contributed by atoms with Gasteiger partial charge in [0.15, 0.2) is 11.5 Å². The van der Waals surface area contributed by atoms with Gasteiger partial charge in [0.25, 0.3) is 0 Å². The van der Waals surface area contributed by atoms with E-state index in [9.17, 15) is 15.0 Å². The van der Waals surface area contributed by atoms with E-state index in [2.05, 4.69) is 4.90 Å². The molecule has 0 aliphatic carbocycles. The predicted molar refractivity (Wildman–Crippen MR) is 84.7 cm³/mol. The Morgan fingerprint density at radius 2 is 1.91 bits per heavy atom. The third kappa shape index (κ3) is 4.11. The summed E-state index contributed by atoms with van der Waals surface area (Å²) in [7, 11) is 0. The Hall–Kier alpha value is -1.79. The van der Waals surface area contributed by atoms with Crippen LogP contribution in [0.2, 0.25) is 0 Å². The lowest BCUT2D eigenvalue weighted by Gasteiger charge is -2.35. The quantitative estimate of drug-likeness (QED) is 0.684. The van der Waals surface area contributed by atoms with Crippen LogP contribution in [-0.4, -0.2) is 65.2 Å². The highest BCUT2D eigenvalue weighted by Gasteiger charge is 2.24. The maximum absolute atomic E-state index is 12.5. The van der Waals surface area contributed by atoms with E-state index in [0.29, 0.717) is 13.0 Å². The summed E-state index contributed by atoms with van der Waals surface area (Å²) in [6, 6.07) is 4.70. The molecular weight excluding hydrogens is 282 g/mol. The van der Waals surface area contributed by atoms with E-state index in [1.807, 2.05) is 11.8 Å². The van der Waals surface area contributed by atoms with Crippen LogP contribution in [0.1, 0.15) is 12.5 Å². The molecular formula is C16H25N3O3. The average molecular weight is 307 g/mol. The molecule has 0 aromatic heterocycles. The van der Waals surface area contributed by atoms with Gasteiger partial charge < -0.3 is 20.8 Å². The van der Waals surface area contributed by atoms with Gasteiger partial charge in [-0.15, -0.1) is 0 Å². The molecule has 1 saturated heterocycles. The minimum absolute atomic E-state index is 0.139. The summed E-state index contributed by atoms with van der Waals surface area (Å²) in [6.45, 7) is 6.65. The van der Waals surface area contributed by atoms with Gasteiger partial charge in [0.1, 0.15) is 0 Å². The van der Waals surface area contributed by atoms with E-state index in [0.717, 1.165) is 38.3 Å². The molecule has 1 fully saturated rings. The third-order valence-electron chi connectivity index (χ3n) is 4.13. The zero-order valence-corrected chi connectivity index (χ0v) is 13.0. The smallest absolute Gasteiger partial charge is 0.225 e. The summed E-state index contributed by atoms with van der Waals surface area (Å²) < 4.78 is 0. The van der Waals surface area contributed by atoms with Crippen LogP contribution in [0.15, 0.2) is 18.2 Å². The molecule has 1 amide bonds. The Morgan fingerprint density at radius 3 is 2.50 bits per heavy atom. The number of nitrogens with zero attached hydrogens (tertiary/aromatic N) is 2. The molecule has 0 spiro atoms. The monoisotopic (exact) mass is 307 g/mol. The molecule has 1 unspecified atom stereocenters. The van der Waals surface area contributed by atoms with Crippen molar-refractivity contribution in [3.8, 4) is 11.5 Å². The van der Waals surface area contributed by atoms with Gasteiger partial charge >= 0.3 is 0 Å². The number of amides is 1. The van der Waals surface area contributed by atoms with Crippen molar-refractivity contribution in [1.29, 1.82) is 0 Å². The lowest BCUT2D eigenvalue weighted by Crippen LogP contribution is -2.51. The van der Waals surface area contributed by atoms with Crippen molar-refractivity contribution in [2.45, 2.75) is 13.3 Å². The highest BCUT2D eigenvalue weighted by molar-refractivity contribution is 5.79. The van der Waals surface area contributed by atoms with Gasteiger partial charge in [0, 0.05) is 45.2 Å². The topological polar surface area (TPSA) is 90.0 Å². The average Bonchev–Trinajstić information content (AvgIpc) is 2.51. The van der Waals surface area contributed by atoms with E-state index in [-0.39, 0.29) is 23.3 Å². The molecule has 1 heterocycles. The van der Waals surface area contributed by atoms with Crippen LogP contribution < -0.4 is 5.73 Å². The fourth-order valence-electron chi connectivity index (χ4n) is 2.82. The van der Waals surface area contributed by atoms with Gasteiger partial charge in [-0.25, -0.2) is 0 Å². The highest BCUT2D eigenvalue weighted by atomic mass is 16.3. The van der Waals surface area contributed by atoms with Crippen LogP contribution in [0.3, 0.4) is 0 Å². The van der Waals surface area contributed by atoms with Crippen molar-refractivity contribution in [3.05, 3.63) is 23.8 Å². The van der Waals surface area contributed by atoms with E-state index in [4.69, 9.17) is 5.73 Å². The van der Waals surface area contributed by atoms with Gasteiger partial charge in [0.2, 0.25) is 5.91 Å². The number of hydrogen-bond acceptors (Lipinski definition) is 5. The Labute approximate surface area is 131 Å². The number of nitrogens with two attached hydrogens (primary N) is 1. The number of phenols is 2. The molecule has 1 aromatic rings. The maximum atomic E-state index is 12.5. The molecule has 6 nitrogen and oxygen atoms in total. The van der Waals surface area contributed by atoms with Gasteiger partial charge in [0.05, 0.1) is 0 Å². The van der Waals surface area contributed by atoms with E-state index in [1.165, 1.54) is 12.1 Å². The number of rotatable bonds is 5. The SMILES string of the molecule is CC(Cc1ccc(O)c(O)c1)C(=O)N1CCN(CCN)CC1. The van der Waals surface area contributed by atoms with Crippen LogP contribution in [0.25, 0.3) is 0 Å². The Balaban J connectivity index is 1.88. The fourth-order valence-corrected chi connectivity index (χ4v) is 2.82. The van der Waals surface area contributed by atoms with Crippen LogP contribution in [-0.2, 0) is 11.2 Å². The zero-order chi connectivity index (χ0) is 16.1. The predicted octanol–water partition coefficient (Wildman–Crippen LogP) is 0.379. The highest BCUT2D eigenvalue weighted by Crippen LogP contribution is 2.26. The van der Waals surface area contributed by atoms with Crippen molar-refractivity contribution in [2.24, 2.45) is 11.7 Å². The minimum Gasteiger partial charge on any atom is -0.504 e. The molecule has 2 rings (SSSR count). The molecule has 1 aliphatic heterocycles. The summed E-state index contributed by atoms with van der Waals surface area (Å²) in [5.74, 6) is -0.295. The number of benzene rings is 1. The minimum atomic E-state index is -0.148. The Bertz CT molecular complexity index is 513. The standard InChI is InChI=1S/C16H25N3O3/c1-12(10-13-2-3-14(20)15(21)11-13)16(22)19-8-6-18(5-4-17)7-9-19/h2-3,11-12,20-21H,4-10,17H2,1H3. The molecule has 0 radical (unpaired) electrons. The molecule has 1 aliphatic rings. The third-order valence-corrected chi connectivity index (χ3v) is 4.13. The number of carbonyl (C=O) groups excluding carboxylic acids is 1. The summed E-state index contributed by atoms with van der Waals surface area (Å²) in [4.78, 5) is 16.7. The lowest BCUT2D eigenvalue weighted by molar-refractivity contribution is -0.136. The van der Waals surface area contributed by atoms with Crippen molar-refractivity contribution < 1.29 is 15.0 Å².